The Morgan fingerprint density at radius 1 is 1.31 bits per heavy atom. The molecule has 29 heavy (non-hydrogen) atoms. The van der Waals surface area contributed by atoms with Gasteiger partial charge >= 0.3 is 0 Å². The molecule has 4 rings (SSSR count). The van der Waals surface area contributed by atoms with Crippen LogP contribution in [0.25, 0.3) is 10.2 Å². The van der Waals surface area contributed by atoms with Crippen molar-refractivity contribution >= 4 is 55.7 Å². The summed E-state index contributed by atoms with van der Waals surface area (Å²) in [6, 6.07) is 0. The zero-order chi connectivity index (χ0) is 20.2. The second kappa shape index (κ2) is 9.40. The summed E-state index contributed by atoms with van der Waals surface area (Å²) in [5.41, 5.74) is 1.27. The van der Waals surface area contributed by atoms with Crippen LogP contribution in [0.5, 0.6) is 0 Å². The van der Waals surface area contributed by atoms with E-state index in [1.807, 2.05) is 5.38 Å². The summed E-state index contributed by atoms with van der Waals surface area (Å²) < 4.78 is 1.80. The van der Waals surface area contributed by atoms with Crippen molar-refractivity contribution in [3.05, 3.63) is 32.4 Å². The molecule has 1 N–H and O–H groups in total. The fraction of sp³-hybridized carbons (Fsp3) is 0.500. The van der Waals surface area contributed by atoms with E-state index in [1.54, 1.807) is 22.1 Å². The van der Waals surface area contributed by atoms with Crippen molar-refractivity contribution in [2.75, 3.05) is 11.1 Å². The second-order valence-electron chi connectivity index (χ2n) is 7.12. The van der Waals surface area contributed by atoms with Gasteiger partial charge in [0.15, 0.2) is 10.3 Å². The number of nitrogens with zero attached hydrogens (tertiary/aromatic N) is 3. The maximum atomic E-state index is 13.3. The minimum atomic E-state index is -0.134. The molecule has 0 fully saturated rings. The number of carbonyl (C=O) groups is 1. The Kier molecular flexibility index (Phi) is 6.67. The SMILES string of the molecule is CCCCCCn1c(SCC(=O)Nc2nccs2)nc2sc3c(c2c1=O)CCC3. The third kappa shape index (κ3) is 4.57. The van der Waals surface area contributed by atoms with Gasteiger partial charge in [0.1, 0.15) is 4.83 Å². The molecule has 1 aliphatic carbocycles. The first-order valence-corrected chi connectivity index (χ1v) is 12.7. The fourth-order valence-corrected chi connectivity index (χ4v) is 6.31. The maximum Gasteiger partial charge on any atom is 0.263 e. The predicted octanol–water partition coefficient (Wildman–Crippen LogP) is 4.71. The maximum absolute atomic E-state index is 13.3. The van der Waals surface area contributed by atoms with Gasteiger partial charge in [-0.05, 0) is 31.2 Å². The number of nitrogens with one attached hydrogen (secondary N) is 1. The van der Waals surface area contributed by atoms with Crippen LogP contribution in [-0.4, -0.2) is 26.2 Å². The Morgan fingerprint density at radius 3 is 3.00 bits per heavy atom. The Bertz CT molecular complexity index is 1060. The highest BCUT2D eigenvalue weighted by Crippen LogP contribution is 2.35. The average Bonchev–Trinajstić information content (AvgIpc) is 3.42. The summed E-state index contributed by atoms with van der Waals surface area (Å²) in [6.45, 7) is 2.83. The molecule has 3 aromatic rings. The molecule has 6 nitrogen and oxygen atoms in total. The van der Waals surface area contributed by atoms with Gasteiger partial charge in [0.05, 0.1) is 11.1 Å². The Labute approximate surface area is 181 Å². The van der Waals surface area contributed by atoms with Crippen LogP contribution in [0.15, 0.2) is 21.5 Å². The van der Waals surface area contributed by atoms with Gasteiger partial charge in [-0.2, -0.15) is 0 Å². The summed E-state index contributed by atoms with van der Waals surface area (Å²) in [4.78, 5) is 36.7. The normalized spacial score (nSPS) is 13.1. The minimum absolute atomic E-state index is 0.0636. The van der Waals surface area contributed by atoms with E-state index in [0.29, 0.717) is 16.8 Å². The van der Waals surface area contributed by atoms with Gasteiger partial charge in [0, 0.05) is 23.0 Å². The lowest BCUT2D eigenvalue weighted by Gasteiger charge is -2.12. The van der Waals surface area contributed by atoms with E-state index in [1.165, 1.54) is 33.5 Å². The van der Waals surface area contributed by atoms with Crippen molar-refractivity contribution in [2.24, 2.45) is 0 Å². The molecule has 0 saturated heterocycles. The number of rotatable bonds is 9. The molecule has 0 saturated carbocycles. The van der Waals surface area contributed by atoms with E-state index < -0.39 is 0 Å². The molecule has 0 aromatic carbocycles. The minimum Gasteiger partial charge on any atom is -0.301 e. The number of anilines is 1. The van der Waals surface area contributed by atoms with E-state index in [9.17, 15) is 9.59 Å². The van der Waals surface area contributed by atoms with Gasteiger partial charge in [-0.3, -0.25) is 14.2 Å². The van der Waals surface area contributed by atoms with Crippen LogP contribution >= 0.6 is 34.4 Å². The third-order valence-electron chi connectivity index (χ3n) is 5.04. The summed E-state index contributed by atoms with van der Waals surface area (Å²) >= 11 is 4.37. The number of hydrogen-bond acceptors (Lipinski definition) is 7. The van der Waals surface area contributed by atoms with Crippen LogP contribution < -0.4 is 10.9 Å². The number of unbranched alkanes of at least 4 members (excludes halogenated alkanes) is 3. The molecule has 0 aliphatic heterocycles. The molecule has 3 aromatic heterocycles. The highest BCUT2D eigenvalue weighted by molar-refractivity contribution is 7.99. The number of thioether (sulfide) groups is 1. The smallest absolute Gasteiger partial charge is 0.263 e. The summed E-state index contributed by atoms with van der Waals surface area (Å²) in [7, 11) is 0. The highest BCUT2D eigenvalue weighted by atomic mass is 32.2. The van der Waals surface area contributed by atoms with Gasteiger partial charge in [0.2, 0.25) is 5.91 Å². The lowest BCUT2D eigenvalue weighted by atomic mass is 10.2. The van der Waals surface area contributed by atoms with Crippen LogP contribution in [0.4, 0.5) is 5.13 Å². The summed E-state index contributed by atoms with van der Waals surface area (Å²) in [6.07, 6.45) is 9.17. The number of carbonyl (C=O) groups excluding carboxylic acids is 1. The first-order valence-electron chi connectivity index (χ1n) is 10.0. The highest BCUT2D eigenvalue weighted by Gasteiger charge is 2.23. The number of aromatic nitrogens is 3. The van der Waals surface area contributed by atoms with Crippen LogP contribution in [0, 0.1) is 0 Å². The lowest BCUT2D eigenvalue weighted by molar-refractivity contribution is -0.113. The molecule has 0 bridgehead atoms. The molecule has 0 atom stereocenters. The van der Waals surface area contributed by atoms with Crippen LogP contribution in [0.2, 0.25) is 0 Å². The Hall–Kier alpha value is -1.71. The number of amides is 1. The second-order valence-corrected chi connectivity index (χ2v) is 10.0. The van der Waals surface area contributed by atoms with Crippen molar-refractivity contribution in [1.82, 2.24) is 14.5 Å². The zero-order valence-corrected chi connectivity index (χ0v) is 18.9. The largest absolute Gasteiger partial charge is 0.301 e. The molecule has 1 aliphatic rings. The summed E-state index contributed by atoms with van der Waals surface area (Å²) in [5, 5.41) is 6.66. The van der Waals surface area contributed by atoms with Gasteiger partial charge in [-0.25, -0.2) is 9.97 Å². The van der Waals surface area contributed by atoms with Crippen molar-refractivity contribution < 1.29 is 4.79 Å². The first kappa shape index (κ1) is 20.6. The van der Waals surface area contributed by atoms with E-state index in [2.05, 4.69) is 17.2 Å². The molecule has 3 heterocycles. The molecular weight excluding hydrogens is 424 g/mol. The van der Waals surface area contributed by atoms with Crippen LogP contribution in [0.1, 0.15) is 49.5 Å². The van der Waals surface area contributed by atoms with Crippen molar-refractivity contribution in [1.29, 1.82) is 0 Å². The number of aryl methyl sites for hydroxylation is 2. The molecule has 0 unspecified atom stereocenters. The van der Waals surface area contributed by atoms with E-state index >= 15 is 0 Å². The molecule has 9 heteroatoms. The molecule has 154 valence electrons. The fourth-order valence-electron chi connectivity index (χ4n) is 3.63. The van der Waals surface area contributed by atoms with E-state index in [-0.39, 0.29) is 17.2 Å². The molecule has 0 radical (unpaired) electrons. The molecule has 0 spiro atoms. The van der Waals surface area contributed by atoms with E-state index in [0.717, 1.165) is 55.2 Å². The Balaban J connectivity index is 1.58. The standard InChI is InChI=1S/C20H24N4O2S3/c1-2-3-4-5-10-24-18(26)16-13-7-6-8-14(13)29-17(16)23-20(24)28-12-15(25)22-19-21-9-11-27-19/h9,11H,2-8,10,12H2,1H3,(H,21,22,25). The van der Waals surface area contributed by atoms with Gasteiger partial charge in [-0.1, -0.05) is 37.9 Å². The van der Waals surface area contributed by atoms with Gasteiger partial charge in [-0.15, -0.1) is 22.7 Å². The number of thiophene rings is 1. The van der Waals surface area contributed by atoms with Crippen molar-refractivity contribution in [2.45, 2.75) is 63.6 Å². The van der Waals surface area contributed by atoms with Crippen molar-refractivity contribution in [3.8, 4) is 0 Å². The van der Waals surface area contributed by atoms with E-state index in [4.69, 9.17) is 4.98 Å². The van der Waals surface area contributed by atoms with Gasteiger partial charge < -0.3 is 5.32 Å². The lowest BCUT2D eigenvalue weighted by Crippen LogP contribution is -2.24. The monoisotopic (exact) mass is 448 g/mol. The van der Waals surface area contributed by atoms with Crippen molar-refractivity contribution in [3.63, 3.8) is 0 Å². The zero-order valence-electron chi connectivity index (χ0n) is 16.4. The number of fused-ring (bicyclic) bond motifs is 3. The topological polar surface area (TPSA) is 76.9 Å². The number of hydrogen-bond donors (Lipinski definition) is 1. The average molecular weight is 449 g/mol. The third-order valence-corrected chi connectivity index (χ3v) is 7.89. The van der Waals surface area contributed by atoms with Gasteiger partial charge in [0.25, 0.3) is 5.56 Å². The first-order chi connectivity index (χ1) is 14.2. The predicted molar refractivity (Wildman–Crippen MR) is 122 cm³/mol. The quantitative estimate of drug-likeness (QED) is 0.291. The Morgan fingerprint density at radius 2 is 2.21 bits per heavy atom. The molecular formula is C20H24N4O2S3. The number of thiazole rings is 1. The van der Waals surface area contributed by atoms with Crippen LogP contribution in [0.3, 0.4) is 0 Å². The summed E-state index contributed by atoms with van der Waals surface area (Å²) in [5.74, 6) is 0.0721. The molecule has 1 amide bonds. The van der Waals surface area contributed by atoms with Crippen LogP contribution in [-0.2, 0) is 24.2 Å².